The second-order valence-corrected chi connectivity index (χ2v) is 6.17. The molecular formula is C20H16N4O. The zero-order valence-electron chi connectivity index (χ0n) is 13.5. The monoisotopic (exact) mass is 328 g/mol. The number of nitrogens with two attached hydrogens (primary N) is 1. The number of pyridine rings is 1. The lowest BCUT2D eigenvalue weighted by molar-refractivity contribution is 1.03. The highest BCUT2D eigenvalue weighted by molar-refractivity contribution is 6.18. The quantitative estimate of drug-likeness (QED) is 0.534. The standard InChI is InChI=1S/C20H16N4O/c21-10-11-22-15-9-8-14-18-12(15)4-3-5-13(18)19-23-16-6-1-2-7-17(16)24(19)20(14)25/h1-9,22H,10-11,21H2. The van der Waals surface area contributed by atoms with Crippen molar-refractivity contribution in [3.63, 3.8) is 0 Å². The van der Waals surface area contributed by atoms with Crippen LogP contribution in [0.1, 0.15) is 0 Å². The van der Waals surface area contributed by atoms with Crippen molar-refractivity contribution >= 4 is 43.9 Å². The summed E-state index contributed by atoms with van der Waals surface area (Å²) in [5.41, 5.74) is 8.96. The third-order valence-electron chi connectivity index (χ3n) is 4.74. The van der Waals surface area contributed by atoms with E-state index in [0.717, 1.165) is 32.9 Å². The van der Waals surface area contributed by atoms with Crippen molar-refractivity contribution in [1.82, 2.24) is 9.38 Å². The average molecular weight is 328 g/mol. The number of aromatic nitrogens is 2. The summed E-state index contributed by atoms with van der Waals surface area (Å²) in [6, 6.07) is 17.7. The van der Waals surface area contributed by atoms with Gasteiger partial charge in [-0.15, -0.1) is 0 Å². The first-order chi connectivity index (χ1) is 12.3. The first-order valence-corrected chi connectivity index (χ1v) is 8.32. The molecule has 0 saturated carbocycles. The van der Waals surface area contributed by atoms with Gasteiger partial charge in [-0.25, -0.2) is 4.98 Å². The van der Waals surface area contributed by atoms with Crippen LogP contribution in [0.5, 0.6) is 0 Å². The van der Waals surface area contributed by atoms with Gasteiger partial charge in [0.05, 0.1) is 11.0 Å². The molecule has 5 aromatic rings. The summed E-state index contributed by atoms with van der Waals surface area (Å²) < 4.78 is 1.72. The maximum Gasteiger partial charge on any atom is 0.264 e. The van der Waals surface area contributed by atoms with Crippen LogP contribution in [-0.4, -0.2) is 22.5 Å². The second kappa shape index (κ2) is 5.16. The van der Waals surface area contributed by atoms with E-state index in [1.54, 1.807) is 4.40 Å². The van der Waals surface area contributed by atoms with E-state index in [-0.39, 0.29) is 5.56 Å². The molecule has 0 fully saturated rings. The van der Waals surface area contributed by atoms with Crippen LogP contribution in [0.25, 0.3) is 38.2 Å². The summed E-state index contributed by atoms with van der Waals surface area (Å²) in [4.78, 5) is 17.9. The number of benzene rings is 3. The van der Waals surface area contributed by atoms with Gasteiger partial charge >= 0.3 is 0 Å². The minimum Gasteiger partial charge on any atom is -0.383 e. The third-order valence-corrected chi connectivity index (χ3v) is 4.74. The molecule has 2 heterocycles. The Morgan fingerprint density at radius 2 is 1.80 bits per heavy atom. The predicted octanol–water partition coefficient (Wildman–Crippen LogP) is 2.96. The molecule has 3 aromatic carbocycles. The van der Waals surface area contributed by atoms with Gasteiger partial charge in [0.15, 0.2) is 0 Å². The zero-order chi connectivity index (χ0) is 17.0. The molecule has 122 valence electrons. The second-order valence-electron chi connectivity index (χ2n) is 6.17. The van der Waals surface area contributed by atoms with Crippen molar-refractivity contribution in [3.8, 4) is 0 Å². The van der Waals surface area contributed by atoms with Gasteiger partial charge < -0.3 is 11.1 Å². The Balaban J connectivity index is 2.02. The van der Waals surface area contributed by atoms with Crippen LogP contribution in [-0.2, 0) is 0 Å². The third kappa shape index (κ3) is 1.87. The van der Waals surface area contributed by atoms with Crippen LogP contribution >= 0.6 is 0 Å². The van der Waals surface area contributed by atoms with Gasteiger partial charge in [0.2, 0.25) is 0 Å². The normalized spacial score (nSPS) is 11.9. The van der Waals surface area contributed by atoms with Gasteiger partial charge in [0.1, 0.15) is 5.65 Å². The number of nitrogens with one attached hydrogen (secondary N) is 1. The zero-order valence-corrected chi connectivity index (χ0v) is 13.5. The van der Waals surface area contributed by atoms with E-state index in [1.165, 1.54) is 0 Å². The Labute approximate surface area is 143 Å². The van der Waals surface area contributed by atoms with Gasteiger partial charge in [0.25, 0.3) is 5.56 Å². The Bertz CT molecular complexity index is 1310. The number of imidazole rings is 1. The highest BCUT2D eigenvalue weighted by Crippen LogP contribution is 2.33. The lowest BCUT2D eigenvalue weighted by Gasteiger charge is -2.12. The first kappa shape index (κ1) is 14.2. The molecule has 0 atom stereocenters. The van der Waals surface area contributed by atoms with Crippen molar-refractivity contribution in [3.05, 3.63) is 65.0 Å². The molecule has 0 bridgehead atoms. The molecule has 5 rings (SSSR count). The van der Waals surface area contributed by atoms with Gasteiger partial charge in [-0.05, 0) is 24.3 Å². The molecule has 0 amide bonds. The molecule has 0 aliphatic carbocycles. The van der Waals surface area contributed by atoms with E-state index in [1.807, 2.05) is 54.6 Å². The van der Waals surface area contributed by atoms with Crippen LogP contribution in [0.3, 0.4) is 0 Å². The number of anilines is 1. The molecule has 0 unspecified atom stereocenters. The van der Waals surface area contributed by atoms with Crippen LogP contribution in [0.2, 0.25) is 0 Å². The summed E-state index contributed by atoms with van der Waals surface area (Å²) in [6.07, 6.45) is 0. The summed E-state index contributed by atoms with van der Waals surface area (Å²) in [5, 5.41) is 7.01. The maximum atomic E-state index is 13.2. The number of fused-ring (bicyclic) bond motifs is 4. The smallest absolute Gasteiger partial charge is 0.264 e. The molecule has 0 spiro atoms. The molecule has 25 heavy (non-hydrogen) atoms. The fourth-order valence-corrected chi connectivity index (χ4v) is 3.66. The van der Waals surface area contributed by atoms with Crippen LogP contribution in [0, 0.1) is 0 Å². The number of hydrogen-bond donors (Lipinski definition) is 2. The van der Waals surface area contributed by atoms with Crippen molar-refractivity contribution in [1.29, 1.82) is 0 Å². The molecule has 5 heteroatoms. The van der Waals surface area contributed by atoms with E-state index in [9.17, 15) is 4.79 Å². The van der Waals surface area contributed by atoms with E-state index < -0.39 is 0 Å². The van der Waals surface area contributed by atoms with E-state index in [0.29, 0.717) is 24.1 Å². The summed E-state index contributed by atoms with van der Waals surface area (Å²) in [7, 11) is 0. The molecular weight excluding hydrogens is 312 g/mol. The largest absolute Gasteiger partial charge is 0.383 e. The highest BCUT2D eigenvalue weighted by atomic mass is 16.1. The van der Waals surface area contributed by atoms with E-state index >= 15 is 0 Å². The molecule has 0 aliphatic heterocycles. The average Bonchev–Trinajstić information content (AvgIpc) is 3.04. The Hall–Kier alpha value is -3.18. The van der Waals surface area contributed by atoms with E-state index in [4.69, 9.17) is 10.7 Å². The topological polar surface area (TPSA) is 72.4 Å². The van der Waals surface area contributed by atoms with Gasteiger partial charge in [0, 0.05) is 40.3 Å². The van der Waals surface area contributed by atoms with Gasteiger partial charge in [-0.3, -0.25) is 9.20 Å². The van der Waals surface area contributed by atoms with Crippen LogP contribution in [0.4, 0.5) is 5.69 Å². The molecule has 0 radical (unpaired) electrons. The molecule has 0 saturated heterocycles. The summed E-state index contributed by atoms with van der Waals surface area (Å²) >= 11 is 0. The fourth-order valence-electron chi connectivity index (χ4n) is 3.66. The van der Waals surface area contributed by atoms with Crippen molar-refractivity contribution in [2.75, 3.05) is 18.4 Å². The van der Waals surface area contributed by atoms with Crippen molar-refractivity contribution in [2.24, 2.45) is 5.73 Å². The minimum absolute atomic E-state index is 0.0298. The lowest BCUT2D eigenvalue weighted by Crippen LogP contribution is -2.15. The number of rotatable bonds is 3. The SMILES string of the molecule is NCCNc1ccc2c(=O)n3c4ccccc4nc3c3cccc1c23. The summed E-state index contributed by atoms with van der Waals surface area (Å²) in [5.74, 6) is 0. The lowest BCUT2D eigenvalue weighted by atomic mass is 10.0. The van der Waals surface area contributed by atoms with Crippen LogP contribution in [0.15, 0.2) is 59.4 Å². The van der Waals surface area contributed by atoms with E-state index in [2.05, 4.69) is 5.32 Å². The Morgan fingerprint density at radius 3 is 2.68 bits per heavy atom. The first-order valence-electron chi connectivity index (χ1n) is 8.32. The molecule has 5 nitrogen and oxygen atoms in total. The Morgan fingerprint density at radius 1 is 0.960 bits per heavy atom. The highest BCUT2D eigenvalue weighted by Gasteiger charge is 2.16. The van der Waals surface area contributed by atoms with Crippen molar-refractivity contribution < 1.29 is 0 Å². The van der Waals surface area contributed by atoms with Crippen molar-refractivity contribution in [2.45, 2.75) is 0 Å². The van der Waals surface area contributed by atoms with Gasteiger partial charge in [-0.1, -0.05) is 30.3 Å². The predicted molar refractivity (Wildman–Crippen MR) is 103 cm³/mol. The fraction of sp³-hybridized carbons (Fsp3) is 0.100. The van der Waals surface area contributed by atoms with Gasteiger partial charge in [-0.2, -0.15) is 0 Å². The minimum atomic E-state index is -0.0298. The van der Waals surface area contributed by atoms with Crippen LogP contribution < -0.4 is 16.6 Å². The number of hydrogen-bond acceptors (Lipinski definition) is 4. The Kier molecular flexibility index (Phi) is 2.93. The molecule has 2 aromatic heterocycles. The molecule has 3 N–H and O–H groups in total. The number of nitrogens with zero attached hydrogens (tertiary/aromatic N) is 2. The summed E-state index contributed by atoms with van der Waals surface area (Å²) in [6.45, 7) is 1.24. The number of para-hydroxylation sites is 2. The molecule has 0 aliphatic rings. The maximum absolute atomic E-state index is 13.2.